The molecule has 1 atom stereocenters. The number of phenolic OH excluding ortho intramolecular Hbond substituents is 1. The van der Waals surface area contributed by atoms with Crippen molar-refractivity contribution in [3.05, 3.63) is 53.2 Å². The van der Waals surface area contributed by atoms with Gasteiger partial charge in [0.25, 0.3) is 0 Å². The number of morpholine rings is 1. The molecule has 0 spiro atoms. The Kier molecular flexibility index (Phi) is 4.11. The molecule has 3 aromatic rings. The van der Waals surface area contributed by atoms with E-state index in [0.717, 1.165) is 46.6 Å². The van der Waals surface area contributed by atoms with Crippen LogP contribution in [0.5, 0.6) is 5.75 Å². The van der Waals surface area contributed by atoms with Crippen molar-refractivity contribution in [3.63, 3.8) is 0 Å². The third-order valence-electron chi connectivity index (χ3n) is 4.55. The Hall–Kier alpha value is -2.50. The lowest BCUT2D eigenvalue weighted by molar-refractivity contribution is 0.0252. The van der Waals surface area contributed by atoms with Gasteiger partial charge in [-0.1, -0.05) is 6.07 Å². The van der Waals surface area contributed by atoms with Crippen LogP contribution in [0.1, 0.15) is 22.9 Å². The lowest BCUT2D eigenvalue weighted by atomic mass is 10.0. The van der Waals surface area contributed by atoms with Crippen molar-refractivity contribution in [1.82, 2.24) is 15.3 Å². The summed E-state index contributed by atoms with van der Waals surface area (Å²) in [7, 11) is 0. The predicted molar refractivity (Wildman–Crippen MR) is 97.7 cm³/mol. The van der Waals surface area contributed by atoms with Crippen LogP contribution in [0, 0.1) is 13.8 Å². The molecule has 0 amide bonds. The van der Waals surface area contributed by atoms with Crippen molar-refractivity contribution in [2.75, 3.05) is 19.7 Å². The summed E-state index contributed by atoms with van der Waals surface area (Å²) >= 11 is 0. The van der Waals surface area contributed by atoms with E-state index in [9.17, 15) is 5.11 Å². The molecule has 1 aliphatic rings. The van der Waals surface area contributed by atoms with E-state index in [-0.39, 0.29) is 11.9 Å². The van der Waals surface area contributed by atoms with Crippen molar-refractivity contribution in [2.24, 2.45) is 0 Å². The molecule has 1 saturated heterocycles. The Morgan fingerprint density at radius 3 is 2.72 bits per heavy atom. The molecule has 1 aliphatic heterocycles. The molecule has 128 valence electrons. The number of benzene rings is 1. The number of ether oxygens (including phenoxy) is 1. The summed E-state index contributed by atoms with van der Waals surface area (Å²) in [4.78, 5) is 9.41. The zero-order chi connectivity index (χ0) is 17.4. The second kappa shape index (κ2) is 6.43. The Bertz CT molecular complexity index is 910. The van der Waals surface area contributed by atoms with Crippen LogP contribution in [-0.2, 0) is 4.74 Å². The Morgan fingerprint density at radius 1 is 1.12 bits per heavy atom. The van der Waals surface area contributed by atoms with E-state index in [1.54, 1.807) is 6.07 Å². The van der Waals surface area contributed by atoms with Crippen LogP contribution in [0.25, 0.3) is 22.3 Å². The quantitative estimate of drug-likeness (QED) is 0.752. The standard InChI is InChI=1S/C20H21N3O2/c1-12-9-13(2)19(17(24)10-12)16-6-4-14-3-5-15(22-20(14)23-16)18-11-21-7-8-25-18/h3-6,9-10,18,21,24H,7-8,11H2,1-2H3. The molecule has 0 aliphatic carbocycles. The lowest BCUT2D eigenvalue weighted by Gasteiger charge is -2.23. The molecule has 1 aromatic carbocycles. The number of hydrogen-bond acceptors (Lipinski definition) is 5. The number of aryl methyl sites for hydroxylation is 2. The largest absolute Gasteiger partial charge is 0.507 e. The fraction of sp³-hybridized carbons (Fsp3) is 0.300. The van der Waals surface area contributed by atoms with Gasteiger partial charge in [-0.15, -0.1) is 0 Å². The zero-order valence-corrected chi connectivity index (χ0v) is 14.4. The van der Waals surface area contributed by atoms with Gasteiger partial charge in [-0.05, 0) is 55.3 Å². The number of hydrogen-bond donors (Lipinski definition) is 2. The molecular formula is C20H21N3O2. The number of nitrogens with zero attached hydrogens (tertiary/aromatic N) is 2. The fourth-order valence-corrected chi connectivity index (χ4v) is 3.37. The topological polar surface area (TPSA) is 67.3 Å². The summed E-state index contributed by atoms with van der Waals surface area (Å²) < 4.78 is 5.79. The smallest absolute Gasteiger partial charge is 0.160 e. The molecule has 4 rings (SSSR count). The average molecular weight is 335 g/mol. The van der Waals surface area contributed by atoms with E-state index in [2.05, 4.69) is 5.32 Å². The van der Waals surface area contributed by atoms with Gasteiger partial charge in [-0.2, -0.15) is 0 Å². The van der Waals surface area contributed by atoms with E-state index in [1.807, 2.05) is 44.2 Å². The van der Waals surface area contributed by atoms with Crippen molar-refractivity contribution in [2.45, 2.75) is 20.0 Å². The molecule has 25 heavy (non-hydrogen) atoms. The van der Waals surface area contributed by atoms with Gasteiger partial charge in [0.15, 0.2) is 5.65 Å². The van der Waals surface area contributed by atoms with Gasteiger partial charge in [0.1, 0.15) is 11.9 Å². The highest BCUT2D eigenvalue weighted by molar-refractivity contribution is 5.81. The van der Waals surface area contributed by atoms with Gasteiger partial charge in [-0.25, -0.2) is 9.97 Å². The molecule has 5 heteroatoms. The number of rotatable bonds is 2. The normalized spacial score (nSPS) is 17.8. The average Bonchev–Trinajstić information content (AvgIpc) is 2.61. The highest BCUT2D eigenvalue weighted by atomic mass is 16.5. The maximum Gasteiger partial charge on any atom is 0.160 e. The number of fused-ring (bicyclic) bond motifs is 1. The predicted octanol–water partition coefficient (Wildman–Crippen LogP) is 3.28. The molecule has 0 radical (unpaired) electrons. The zero-order valence-electron chi connectivity index (χ0n) is 14.4. The van der Waals surface area contributed by atoms with Crippen LogP contribution in [-0.4, -0.2) is 34.8 Å². The molecule has 3 heterocycles. The Morgan fingerprint density at radius 2 is 1.96 bits per heavy atom. The molecular weight excluding hydrogens is 314 g/mol. The van der Waals surface area contributed by atoms with E-state index in [0.29, 0.717) is 12.3 Å². The lowest BCUT2D eigenvalue weighted by Crippen LogP contribution is -2.33. The molecule has 1 fully saturated rings. The molecule has 2 N–H and O–H groups in total. The number of nitrogens with one attached hydrogen (secondary N) is 1. The fourth-order valence-electron chi connectivity index (χ4n) is 3.37. The molecule has 0 bridgehead atoms. The van der Waals surface area contributed by atoms with E-state index < -0.39 is 0 Å². The first-order chi connectivity index (χ1) is 12.1. The van der Waals surface area contributed by atoms with Crippen LogP contribution >= 0.6 is 0 Å². The summed E-state index contributed by atoms with van der Waals surface area (Å²) in [6.45, 7) is 6.28. The van der Waals surface area contributed by atoms with Crippen molar-refractivity contribution < 1.29 is 9.84 Å². The number of aromatic hydroxyl groups is 1. The SMILES string of the molecule is Cc1cc(C)c(-c2ccc3ccc(C4CNCCO4)nc3n2)c(O)c1. The number of phenols is 1. The van der Waals surface area contributed by atoms with Gasteiger partial charge in [0.2, 0.25) is 0 Å². The summed E-state index contributed by atoms with van der Waals surface area (Å²) in [6, 6.07) is 11.8. The summed E-state index contributed by atoms with van der Waals surface area (Å²) in [5.74, 6) is 0.250. The van der Waals surface area contributed by atoms with Crippen LogP contribution in [0.3, 0.4) is 0 Å². The van der Waals surface area contributed by atoms with Crippen LogP contribution in [0.15, 0.2) is 36.4 Å². The maximum atomic E-state index is 10.4. The Balaban J connectivity index is 1.79. The summed E-state index contributed by atoms with van der Waals surface area (Å²) in [5.41, 5.74) is 5.07. The monoisotopic (exact) mass is 335 g/mol. The van der Waals surface area contributed by atoms with Crippen LogP contribution < -0.4 is 5.32 Å². The second-order valence-corrected chi connectivity index (χ2v) is 6.52. The Labute approximate surface area is 146 Å². The maximum absolute atomic E-state index is 10.4. The van der Waals surface area contributed by atoms with E-state index in [4.69, 9.17) is 14.7 Å². The van der Waals surface area contributed by atoms with Crippen molar-refractivity contribution in [1.29, 1.82) is 0 Å². The molecule has 5 nitrogen and oxygen atoms in total. The third kappa shape index (κ3) is 3.08. The highest BCUT2D eigenvalue weighted by Crippen LogP contribution is 2.33. The molecule has 2 aromatic heterocycles. The van der Waals surface area contributed by atoms with Crippen molar-refractivity contribution >= 4 is 11.0 Å². The van der Waals surface area contributed by atoms with Crippen molar-refractivity contribution in [3.8, 4) is 17.0 Å². The van der Waals surface area contributed by atoms with Gasteiger partial charge >= 0.3 is 0 Å². The van der Waals surface area contributed by atoms with Gasteiger partial charge in [0.05, 0.1) is 18.0 Å². The minimum Gasteiger partial charge on any atom is -0.507 e. The molecule has 0 saturated carbocycles. The van der Waals surface area contributed by atoms with Crippen LogP contribution in [0.2, 0.25) is 0 Å². The van der Waals surface area contributed by atoms with Crippen LogP contribution in [0.4, 0.5) is 0 Å². The van der Waals surface area contributed by atoms with E-state index in [1.165, 1.54) is 0 Å². The third-order valence-corrected chi connectivity index (χ3v) is 4.55. The summed E-state index contributed by atoms with van der Waals surface area (Å²) in [5, 5.41) is 14.7. The van der Waals surface area contributed by atoms with E-state index >= 15 is 0 Å². The number of pyridine rings is 2. The van der Waals surface area contributed by atoms with Gasteiger partial charge in [-0.3, -0.25) is 0 Å². The summed E-state index contributed by atoms with van der Waals surface area (Å²) in [6.07, 6.45) is -0.0434. The minimum absolute atomic E-state index is 0.0434. The first-order valence-corrected chi connectivity index (χ1v) is 8.52. The first-order valence-electron chi connectivity index (χ1n) is 8.52. The van der Waals surface area contributed by atoms with Gasteiger partial charge in [0, 0.05) is 24.0 Å². The minimum atomic E-state index is -0.0434. The molecule has 1 unspecified atom stereocenters. The highest BCUT2D eigenvalue weighted by Gasteiger charge is 2.18. The van der Waals surface area contributed by atoms with Gasteiger partial charge < -0.3 is 15.2 Å². The first kappa shape index (κ1) is 16.0. The second-order valence-electron chi connectivity index (χ2n) is 6.52. The number of aromatic nitrogens is 2.